The Bertz CT molecular complexity index is 341. The summed E-state index contributed by atoms with van der Waals surface area (Å²) in [5.74, 6) is 0.988. The first-order valence-electron chi connectivity index (χ1n) is 6.62. The van der Waals surface area contributed by atoms with Crippen LogP contribution in [0, 0.1) is 16.7 Å². The third-order valence-electron chi connectivity index (χ3n) is 5.56. The van der Waals surface area contributed by atoms with Gasteiger partial charge in [-0.3, -0.25) is 4.79 Å². The molecule has 0 bridgehead atoms. The highest BCUT2D eigenvalue weighted by Crippen LogP contribution is 2.59. The van der Waals surface area contributed by atoms with Crippen LogP contribution in [0.2, 0.25) is 0 Å². The van der Waals surface area contributed by atoms with E-state index in [2.05, 4.69) is 26.8 Å². The topological polar surface area (TPSA) is 17.1 Å². The Morgan fingerprint density at radius 3 is 2.69 bits per heavy atom. The van der Waals surface area contributed by atoms with Crippen molar-refractivity contribution in [3.63, 3.8) is 0 Å². The highest BCUT2D eigenvalue weighted by molar-refractivity contribution is 5.93. The summed E-state index contributed by atoms with van der Waals surface area (Å²) >= 11 is 0. The highest BCUT2D eigenvalue weighted by Gasteiger charge is 2.50. The molecule has 2 aliphatic rings. The van der Waals surface area contributed by atoms with Gasteiger partial charge in [0.2, 0.25) is 0 Å². The van der Waals surface area contributed by atoms with E-state index in [0.717, 1.165) is 12.0 Å². The SMILES string of the molecule is CC(=O)C1=C[C@]2(C)[C@@H](C)CCC[C@]2(C)CC1. The summed E-state index contributed by atoms with van der Waals surface area (Å²) in [6.07, 6.45) is 8.51. The molecular formula is C15H24O. The van der Waals surface area contributed by atoms with Crippen molar-refractivity contribution >= 4 is 5.78 Å². The maximum absolute atomic E-state index is 11.6. The predicted octanol–water partition coefficient (Wildman–Crippen LogP) is 4.13. The number of ketones is 1. The van der Waals surface area contributed by atoms with Crippen molar-refractivity contribution < 1.29 is 4.79 Å². The van der Waals surface area contributed by atoms with Crippen LogP contribution in [0.3, 0.4) is 0 Å². The second-order valence-corrected chi connectivity index (χ2v) is 6.36. The Morgan fingerprint density at radius 1 is 1.38 bits per heavy atom. The second kappa shape index (κ2) is 3.72. The normalized spacial score (nSPS) is 43.5. The average Bonchev–Trinajstić information content (AvgIpc) is 2.20. The summed E-state index contributed by atoms with van der Waals surface area (Å²) in [7, 11) is 0. The Labute approximate surface area is 99.3 Å². The van der Waals surface area contributed by atoms with Crippen LogP contribution in [0.25, 0.3) is 0 Å². The molecule has 1 saturated carbocycles. The van der Waals surface area contributed by atoms with Crippen LogP contribution in [0.4, 0.5) is 0 Å². The lowest BCUT2D eigenvalue weighted by Crippen LogP contribution is -2.46. The van der Waals surface area contributed by atoms with Crippen LogP contribution in [-0.4, -0.2) is 5.78 Å². The molecule has 0 N–H and O–H groups in total. The number of fused-ring (bicyclic) bond motifs is 1. The molecule has 1 fully saturated rings. The molecule has 0 saturated heterocycles. The molecule has 0 radical (unpaired) electrons. The highest BCUT2D eigenvalue weighted by atomic mass is 16.1. The van der Waals surface area contributed by atoms with Crippen LogP contribution in [-0.2, 0) is 4.79 Å². The quantitative estimate of drug-likeness (QED) is 0.649. The molecule has 1 nitrogen and oxygen atoms in total. The van der Waals surface area contributed by atoms with Crippen LogP contribution < -0.4 is 0 Å². The van der Waals surface area contributed by atoms with E-state index in [1.54, 1.807) is 6.92 Å². The van der Waals surface area contributed by atoms with Crippen molar-refractivity contribution in [1.82, 2.24) is 0 Å². The number of Topliss-reactive ketones (excluding diaryl/α,β-unsaturated/α-hetero) is 1. The molecule has 1 heteroatoms. The molecule has 3 atom stereocenters. The molecule has 0 heterocycles. The van der Waals surface area contributed by atoms with Crippen LogP contribution >= 0.6 is 0 Å². The first kappa shape index (κ1) is 11.9. The van der Waals surface area contributed by atoms with E-state index in [1.807, 2.05) is 0 Å². The minimum atomic E-state index is 0.241. The molecule has 0 aromatic rings. The number of carbonyl (C=O) groups is 1. The van der Waals surface area contributed by atoms with Gasteiger partial charge in [-0.2, -0.15) is 0 Å². The number of carbonyl (C=O) groups excluding carboxylic acids is 1. The van der Waals surface area contributed by atoms with Gasteiger partial charge in [-0.1, -0.05) is 33.3 Å². The van der Waals surface area contributed by atoms with E-state index in [1.165, 1.54) is 25.7 Å². The fraction of sp³-hybridized carbons (Fsp3) is 0.800. The van der Waals surface area contributed by atoms with Gasteiger partial charge in [-0.15, -0.1) is 0 Å². The average molecular weight is 220 g/mol. The van der Waals surface area contributed by atoms with Gasteiger partial charge < -0.3 is 0 Å². The number of allylic oxidation sites excluding steroid dienone is 2. The largest absolute Gasteiger partial charge is 0.295 e. The predicted molar refractivity (Wildman–Crippen MR) is 67.2 cm³/mol. The monoisotopic (exact) mass is 220 g/mol. The molecule has 16 heavy (non-hydrogen) atoms. The molecule has 0 unspecified atom stereocenters. The van der Waals surface area contributed by atoms with E-state index in [4.69, 9.17) is 0 Å². The molecule has 0 aromatic heterocycles. The Balaban J connectivity index is 2.42. The van der Waals surface area contributed by atoms with Crippen molar-refractivity contribution in [1.29, 1.82) is 0 Å². The van der Waals surface area contributed by atoms with Gasteiger partial charge in [-0.25, -0.2) is 0 Å². The fourth-order valence-electron chi connectivity index (χ4n) is 3.80. The maximum atomic E-state index is 11.6. The van der Waals surface area contributed by atoms with Gasteiger partial charge in [0.05, 0.1) is 0 Å². The third kappa shape index (κ3) is 1.56. The summed E-state index contributed by atoms with van der Waals surface area (Å²) in [6.45, 7) is 8.87. The zero-order valence-corrected chi connectivity index (χ0v) is 11.1. The van der Waals surface area contributed by atoms with Gasteiger partial charge in [0.1, 0.15) is 0 Å². The maximum Gasteiger partial charge on any atom is 0.155 e. The Morgan fingerprint density at radius 2 is 2.06 bits per heavy atom. The lowest BCUT2D eigenvalue weighted by atomic mass is 9.49. The van der Waals surface area contributed by atoms with Crippen molar-refractivity contribution in [3.05, 3.63) is 11.6 Å². The van der Waals surface area contributed by atoms with Crippen LogP contribution in [0.1, 0.15) is 59.8 Å². The standard InChI is InChI=1S/C15H24O/c1-11-6-5-8-14(3)9-7-13(12(2)16)10-15(11,14)4/h10-11H,5-9H2,1-4H3/t11-,14+,15+/m0/s1. The van der Waals surface area contributed by atoms with E-state index in [-0.39, 0.29) is 11.2 Å². The van der Waals surface area contributed by atoms with Crippen molar-refractivity contribution in [3.8, 4) is 0 Å². The lowest BCUT2D eigenvalue weighted by Gasteiger charge is -2.55. The fourth-order valence-corrected chi connectivity index (χ4v) is 3.80. The molecular weight excluding hydrogens is 196 g/mol. The van der Waals surface area contributed by atoms with Crippen LogP contribution in [0.5, 0.6) is 0 Å². The summed E-state index contributed by atoms with van der Waals surface area (Å²) in [6, 6.07) is 0. The number of hydrogen-bond acceptors (Lipinski definition) is 1. The third-order valence-corrected chi connectivity index (χ3v) is 5.56. The summed E-state index contributed by atoms with van der Waals surface area (Å²) in [5.41, 5.74) is 1.74. The van der Waals surface area contributed by atoms with E-state index in [0.29, 0.717) is 11.3 Å². The molecule has 0 spiro atoms. The van der Waals surface area contributed by atoms with Crippen molar-refractivity contribution in [2.75, 3.05) is 0 Å². The first-order valence-corrected chi connectivity index (χ1v) is 6.62. The van der Waals surface area contributed by atoms with Crippen molar-refractivity contribution in [2.24, 2.45) is 16.7 Å². The summed E-state index contributed by atoms with van der Waals surface area (Å²) in [4.78, 5) is 11.6. The zero-order valence-electron chi connectivity index (χ0n) is 11.1. The molecule has 2 rings (SSSR count). The van der Waals surface area contributed by atoms with E-state index in [9.17, 15) is 4.79 Å². The summed E-state index contributed by atoms with van der Waals surface area (Å²) in [5, 5.41) is 0. The van der Waals surface area contributed by atoms with Gasteiger partial charge in [-0.05, 0) is 54.9 Å². The van der Waals surface area contributed by atoms with Gasteiger partial charge in [0.15, 0.2) is 5.78 Å². The molecule has 2 aliphatic carbocycles. The molecule has 0 amide bonds. The zero-order chi connectivity index (χ0) is 12.0. The molecule has 90 valence electrons. The molecule has 0 aliphatic heterocycles. The minimum Gasteiger partial charge on any atom is -0.295 e. The van der Waals surface area contributed by atoms with Gasteiger partial charge in [0, 0.05) is 0 Å². The first-order chi connectivity index (χ1) is 7.39. The molecule has 0 aromatic carbocycles. The number of rotatable bonds is 1. The van der Waals surface area contributed by atoms with Crippen molar-refractivity contribution in [2.45, 2.75) is 59.8 Å². The number of hydrogen-bond donors (Lipinski definition) is 0. The second-order valence-electron chi connectivity index (χ2n) is 6.36. The van der Waals surface area contributed by atoms with E-state index < -0.39 is 0 Å². The summed E-state index contributed by atoms with van der Waals surface area (Å²) < 4.78 is 0. The lowest BCUT2D eigenvalue weighted by molar-refractivity contribution is -0.114. The smallest absolute Gasteiger partial charge is 0.155 e. The van der Waals surface area contributed by atoms with E-state index >= 15 is 0 Å². The van der Waals surface area contributed by atoms with Gasteiger partial charge >= 0.3 is 0 Å². The minimum absolute atomic E-state index is 0.241. The Hall–Kier alpha value is -0.590. The van der Waals surface area contributed by atoms with Gasteiger partial charge in [0.25, 0.3) is 0 Å². The Kier molecular flexibility index (Phi) is 2.76. The van der Waals surface area contributed by atoms with Crippen LogP contribution in [0.15, 0.2) is 11.6 Å².